The molecule has 0 aromatic carbocycles. The average Bonchev–Trinajstić information content (AvgIpc) is 2.19. The second kappa shape index (κ2) is 42.8. The van der Waals surface area contributed by atoms with E-state index in [0.29, 0.717) is 19.6 Å². The fraction of sp³-hybridized carbons (Fsp3) is 1.00. The number of hydrogen-bond donors (Lipinski definition) is 6. The van der Waals surface area contributed by atoms with Gasteiger partial charge in [-0.3, -0.25) is 0 Å². The van der Waals surface area contributed by atoms with Gasteiger partial charge in [0.25, 0.3) is 0 Å². The summed E-state index contributed by atoms with van der Waals surface area (Å²) < 4.78 is 0. The third kappa shape index (κ3) is 117. The Morgan fingerprint density at radius 3 is 0.600 bits per heavy atom. The van der Waals surface area contributed by atoms with Crippen molar-refractivity contribution in [1.29, 1.82) is 0 Å². The van der Waals surface area contributed by atoms with Gasteiger partial charge in [0.05, 0.1) is 0 Å². The van der Waals surface area contributed by atoms with E-state index >= 15 is 0 Å². The van der Waals surface area contributed by atoms with E-state index in [2.05, 4.69) is 0 Å². The van der Waals surface area contributed by atoms with Crippen molar-refractivity contribution in [3.63, 3.8) is 0 Å². The summed E-state index contributed by atoms with van der Waals surface area (Å²) in [4.78, 5) is 0. The summed E-state index contributed by atoms with van der Waals surface area (Å²) >= 11 is 0. The molecule has 0 aliphatic heterocycles. The van der Waals surface area contributed by atoms with Crippen LogP contribution >= 0.6 is 0 Å². The Kier molecular flexibility index (Phi) is 106. The summed E-state index contributed by atoms with van der Waals surface area (Å²) in [5.74, 6) is 0. The van der Waals surface area contributed by atoms with Gasteiger partial charge in [0.2, 0.25) is 0 Å². The molecular weight excluding hydrogens is 529 g/mol. The molecular formula is C9H30Cl4N6Pt. The number of rotatable bonds is 3. The topological polar surface area (TPSA) is 156 Å². The molecule has 0 aromatic heterocycles. The van der Waals surface area contributed by atoms with E-state index in [0.717, 1.165) is 0 Å². The minimum Gasteiger partial charge on any atom is -1.00 e. The molecule has 0 aliphatic rings. The van der Waals surface area contributed by atoms with Crippen molar-refractivity contribution in [3.05, 3.63) is 0 Å². The zero-order valence-electron chi connectivity index (χ0n) is 12.1. The second-order valence-electron chi connectivity index (χ2n) is 3.64. The first-order chi connectivity index (χ1) is 6.81. The fourth-order valence-electron chi connectivity index (χ4n) is 0. The van der Waals surface area contributed by atoms with Crippen LogP contribution in [0.2, 0.25) is 0 Å². The molecule has 11 heteroatoms. The van der Waals surface area contributed by atoms with Crippen molar-refractivity contribution < 1.29 is 70.7 Å². The van der Waals surface area contributed by atoms with Gasteiger partial charge in [-0.25, -0.2) is 0 Å². The first kappa shape index (κ1) is 49.6. The summed E-state index contributed by atoms with van der Waals surface area (Å²) in [5, 5.41) is 0. The molecule has 6 nitrogen and oxygen atoms in total. The SMILES string of the molecule is CC(N)CN.CC(N)CN.CC(N)CN.[Cl-].[Cl-].[Cl-].[Cl-].[Pt+4]. The van der Waals surface area contributed by atoms with E-state index in [1.807, 2.05) is 20.8 Å². The van der Waals surface area contributed by atoms with Gasteiger partial charge in [-0.15, -0.1) is 0 Å². The minimum absolute atomic E-state index is 0. The summed E-state index contributed by atoms with van der Waals surface area (Å²) in [6, 6.07) is 0.486. The molecule has 134 valence electrons. The van der Waals surface area contributed by atoms with Crippen LogP contribution in [-0.2, 0) is 21.1 Å². The molecule has 0 aromatic rings. The van der Waals surface area contributed by atoms with Gasteiger partial charge in [-0.1, -0.05) is 0 Å². The number of nitrogens with two attached hydrogens (primary N) is 6. The Hall–Kier alpha value is 1.61. The third-order valence-electron chi connectivity index (χ3n) is 1.12. The van der Waals surface area contributed by atoms with Crippen LogP contribution < -0.4 is 84.0 Å². The van der Waals surface area contributed by atoms with Crippen molar-refractivity contribution in [2.75, 3.05) is 19.6 Å². The largest absolute Gasteiger partial charge is 4.00 e. The molecule has 0 saturated heterocycles. The maximum absolute atomic E-state index is 5.17. The maximum atomic E-state index is 5.17. The summed E-state index contributed by atoms with van der Waals surface area (Å²) in [5.41, 5.74) is 30.6. The molecule has 0 rings (SSSR count). The Morgan fingerprint density at radius 1 is 0.550 bits per heavy atom. The second-order valence-corrected chi connectivity index (χ2v) is 3.64. The molecule has 0 fully saturated rings. The van der Waals surface area contributed by atoms with Gasteiger partial charge < -0.3 is 84.0 Å². The van der Waals surface area contributed by atoms with Gasteiger partial charge in [0.15, 0.2) is 0 Å². The van der Waals surface area contributed by atoms with Crippen molar-refractivity contribution in [3.8, 4) is 0 Å². The molecule has 0 aliphatic carbocycles. The first-order valence-electron chi connectivity index (χ1n) is 5.18. The van der Waals surface area contributed by atoms with E-state index in [1.54, 1.807) is 0 Å². The van der Waals surface area contributed by atoms with Crippen LogP contribution in [0.3, 0.4) is 0 Å². The monoisotopic (exact) mass is 557 g/mol. The van der Waals surface area contributed by atoms with Crippen LogP contribution in [0.25, 0.3) is 0 Å². The molecule has 0 amide bonds. The molecule has 0 spiro atoms. The average molecular weight is 559 g/mol. The maximum Gasteiger partial charge on any atom is 4.00 e. The third-order valence-corrected chi connectivity index (χ3v) is 1.12. The van der Waals surface area contributed by atoms with Crippen molar-refractivity contribution >= 4 is 0 Å². The molecule has 12 N–H and O–H groups in total. The molecule has 0 saturated carbocycles. The number of hydrogen-bond acceptors (Lipinski definition) is 6. The quantitative estimate of drug-likeness (QED) is 0.202. The predicted molar refractivity (Wildman–Crippen MR) is 68.1 cm³/mol. The Morgan fingerprint density at radius 2 is 0.600 bits per heavy atom. The van der Waals surface area contributed by atoms with Crippen LogP contribution in [0.15, 0.2) is 0 Å². The molecule has 20 heavy (non-hydrogen) atoms. The van der Waals surface area contributed by atoms with Crippen LogP contribution in [-0.4, -0.2) is 37.8 Å². The standard InChI is InChI=1S/3C3H10N2.4ClH.Pt/c3*1-3(5)2-4;;;;;/h3*3H,2,4-5H2,1H3;4*1H;/q;;;;;;;+4/p-4. The zero-order chi connectivity index (χ0) is 12.9. The smallest absolute Gasteiger partial charge is 1.00 e. The summed E-state index contributed by atoms with van der Waals surface area (Å²) in [6.07, 6.45) is 0. The molecule has 0 radical (unpaired) electrons. The van der Waals surface area contributed by atoms with Crippen LogP contribution in [0.4, 0.5) is 0 Å². The van der Waals surface area contributed by atoms with E-state index < -0.39 is 0 Å². The minimum atomic E-state index is 0. The number of halogens is 4. The van der Waals surface area contributed by atoms with E-state index in [-0.39, 0.29) is 88.8 Å². The van der Waals surface area contributed by atoms with Crippen molar-refractivity contribution in [1.82, 2.24) is 0 Å². The van der Waals surface area contributed by atoms with E-state index in [1.165, 1.54) is 0 Å². The van der Waals surface area contributed by atoms with Gasteiger partial charge in [0, 0.05) is 37.8 Å². The van der Waals surface area contributed by atoms with Crippen LogP contribution in [0, 0.1) is 0 Å². The Labute approximate surface area is 163 Å². The summed E-state index contributed by atoms with van der Waals surface area (Å²) in [7, 11) is 0. The van der Waals surface area contributed by atoms with Gasteiger partial charge in [0.1, 0.15) is 0 Å². The molecule has 3 unspecified atom stereocenters. The molecule has 0 heterocycles. The zero-order valence-corrected chi connectivity index (χ0v) is 17.4. The fourth-order valence-corrected chi connectivity index (χ4v) is 0. The van der Waals surface area contributed by atoms with Gasteiger partial charge in [-0.05, 0) is 20.8 Å². The van der Waals surface area contributed by atoms with Gasteiger partial charge in [-0.2, -0.15) is 0 Å². The van der Waals surface area contributed by atoms with Crippen LogP contribution in [0.5, 0.6) is 0 Å². The Balaban J connectivity index is -0.0000000160. The molecule has 0 bridgehead atoms. The molecule has 3 atom stereocenters. The Bertz CT molecular complexity index is 95.4. The predicted octanol–water partition coefficient (Wildman–Crippen LogP) is -14.1. The van der Waals surface area contributed by atoms with Crippen molar-refractivity contribution in [2.24, 2.45) is 34.4 Å². The first-order valence-corrected chi connectivity index (χ1v) is 5.18. The van der Waals surface area contributed by atoms with Crippen molar-refractivity contribution in [2.45, 2.75) is 38.9 Å². The summed E-state index contributed by atoms with van der Waals surface area (Å²) in [6.45, 7) is 7.38. The van der Waals surface area contributed by atoms with E-state index in [4.69, 9.17) is 34.4 Å². The van der Waals surface area contributed by atoms with Crippen LogP contribution in [0.1, 0.15) is 20.8 Å². The van der Waals surface area contributed by atoms with E-state index in [9.17, 15) is 0 Å². The normalized spacial score (nSPS) is 11.2. The van der Waals surface area contributed by atoms with Gasteiger partial charge >= 0.3 is 21.1 Å².